The summed E-state index contributed by atoms with van der Waals surface area (Å²) in [5.74, 6) is 2.44. The van der Waals surface area contributed by atoms with Crippen molar-refractivity contribution >= 4 is 17.7 Å². The van der Waals surface area contributed by atoms with Gasteiger partial charge in [0.1, 0.15) is 0 Å². The molecule has 0 radical (unpaired) electrons. The van der Waals surface area contributed by atoms with E-state index in [9.17, 15) is 4.79 Å². The monoisotopic (exact) mass is 329 g/mol. The summed E-state index contributed by atoms with van der Waals surface area (Å²) < 4.78 is 1.94. The zero-order valence-corrected chi connectivity index (χ0v) is 14.6. The zero-order chi connectivity index (χ0) is 16.2. The van der Waals surface area contributed by atoms with E-state index in [0.717, 1.165) is 53.7 Å². The van der Waals surface area contributed by atoms with Crippen LogP contribution in [-0.4, -0.2) is 45.2 Å². The van der Waals surface area contributed by atoms with Crippen LogP contribution in [0.2, 0.25) is 0 Å². The fourth-order valence-electron chi connectivity index (χ4n) is 3.01. The van der Waals surface area contributed by atoms with E-state index in [1.165, 1.54) is 0 Å². The van der Waals surface area contributed by atoms with Crippen LogP contribution in [0, 0.1) is 13.8 Å². The number of carbonyl (C=O) groups is 1. The van der Waals surface area contributed by atoms with Gasteiger partial charge < -0.3 is 4.90 Å². The maximum Gasteiger partial charge on any atom is 0.227 e. The third-order valence-electron chi connectivity index (χ3n) is 4.34. The van der Waals surface area contributed by atoms with E-state index < -0.39 is 0 Å². The third kappa shape index (κ3) is 3.61. The highest BCUT2D eigenvalue weighted by molar-refractivity contribution is 7.99. The Labute approximate surface area is 141 Å². The Kier molecular flexibility index (Phi) is 5.06. The Morgan fingerprint density at radius 1 is 1.17 bits per heavy atom. The first-order chi connectivity index (χ1) is 11.2. The summed E-state index contributed by atoms with van der Waals surface area (Å²) in [5, 5.41) is 4.64. The number of amides is 1. The average Bonchev–Trinajstić information content (AvgIpc) is 2.78. The molecule has 1 aromatic carbocycles. The van der Waals surface area contributed by atoms with Crippen LogP contribution in [0.4, 0.5) is 0 Å². The van der Waals surface area contributed by atoms with E-state index in [1.54, 1.807) is 0 Å². The molecule has 0 aliphatic carbocycles. The van der Waals surface area contributed by atoms with Gasteiger partial charge in [-0.25, -0.2) is 4.68 Å². The van der Waals surface area contributed by atoms with Crippen molar-refractivity contribution < 1.29 is 4.79 Å². The lowest BCUT2D eigenvalue weighted by atomic mass is 10.1. The number of benzene rings is 1. The molecule has 2 heterocycles. The van der Waals surface area contributed by atoms with E-state index in [-0.39, 0.29) is 5.91 Å². The molecule has 23 heavy (non-hydrogen) atoms. The van der Waals surface area contributed by atoms with Crippen molar-refractivity contribution in [3.8, 4) is 5.69 Å². The molecule has 1 aromatic heterocycles. The minimum Gasteiger partial charge on any atom is -0.342 e. The molecule has 0 saturated carbocycles. The fourth-order valence-corrected chi connectivity index (χ4v) is 3.90. The molecule has 4 nitrogen and oxygen atoms in total. The van der Waals surface area contributed by atoms with Crippen molar-refractivity contribution in [2.24, 2.45) is 0 Å². The van der Waals surface area contributed by atoms with Gasteiger partial charge in [0.15, 0.2) is 0 Å². The lowest BCUT2D eigenvalue weighted by Crippen LogP contribution is -2.34. The van der Waals surface area contributed by atoms with Crippen LogP contribution in [0.3, 0.4) is 0 Å². The first-order valence-corrected chi connectivity index (χ1v) is 9.28. The second kappa shape index (κ2) is 7.21. The van der Waals surface area contributed by atoms with Gasteiger partial charge in [-0.05, 0) is 38.2 Å². The van der Waals surface area contributed by atoms with Gasteiger partial charge in [-0.15, -0.1) is 0 Å². The molecule has 0 N–H and O–H groups in total. The Morgan fingerprint density at radius 2 is 1.96 bits per heavy atom. The largest absolute Gasteiger partial charge is 0.342 e. The van der Waals surface area contributed by atoms with Gasteiger partial charge in [-0.3, -0.25) is 4.79 Å². The van der Waals surface area contributed by atoms with E-state index in [0.29, 0.717) is 6.42 Å². The summed E-state index contributed by atoms with van der Waals surface area (Å²) in [6.45, 7) is 5.80. The Balaban J connectivity index is 1.80. The Bertz CT molecular complexity index is 673. The van der Waals surface area contributed by atoms with Gasteiger partial charge in [-0.2, -0.15) is 16.9 Å². The van der Waals surface area contributed by atoms with Gasteiger partial charge in [0.25, 0.3) is 0 Å². The van der Waals surface area contributed by atoms with Crippen LogP contribution < -0.4 is 0 Å². The van der Waals surface area contributed by atoms with E-state index in [4.69, 9.17) is 0 Å². The number of rotatable bonds is 3. The van der Waals surface area contributed by atoms with E-state index in [2.05, 4.69) is 5.10 Å². The van der Waals surface area contributed by atoms with Crippen molar-refractivity contribution in [1.82, 2.24) is 14.7 Å². The zero-order valence-electron chi connectivity index (χ0n) is 13.8. The van der Waals surface area contributed by atoms with Crippen molar-refractivity contribution in [3.05, 3.63) is 47.3 Å². The van der Waals surface area contributed by atoms with Gasteiger partial charge in [0.05, 0.1) is 17.8 Å². The second-order valence-corrected chi connectivity index (χ2v) is 7.14. The highest BCUT2D eigenvalue weighted by Gasteiger charge is 2.20. The maximum absolute atomic E-state index is 12.7. The minimum absolute atomic E-state index is 0.228. The summed E-state index contributed by atoms with van der Waals surface area (Å²) in [5.41, 5.74) is 4.11. The van der Waals surface area contributed by atoms with Crippen LogP contribution in [0.1, 0.15) is 23.4 Å². The average molecular weight is 329 g/mol. The summed E-state index contributed by atoms with van der Waals surface area (Å²) >= 11 is 1.94. The number of thioether (sulfide) groups is 1. The van der Waals surface area contributed by atoms with Crippen LogP contribution >= 0.6 is 11.8 Å². The summed E-state index contributed by atoms with van der Waals surface area (Å²) in [4.78, 5) is 14.7. The molecule has 1 amide bonds. The number of hydrogen-bond acceptors (Lipinski definition) is 3. The fraction of sp³-hybridized carbons (Fsp3) is 0.444. The Hall–Kier alpha value is -1.75. The molecule has 122 valence electrons. The first kappa shape index (κ1) is 16.1. The summed E-state index contributed by atoms with van der Waals surface area (Å²) in [7, 11) is 0. The quantitative estimate of drug-likeness (QED) is 0.869. The van der Waals surface area contributed by atoms with Crippen LogP contribution in [-0.2, 0) is 11.2 Å². The highest BCUT2D eigenvalue weighted by Crippen LogP contribution is 2.20. The number of carbonyl (C=O) groups excluding carboxylic acids is 1. The smallest absolute Gasteiger partial charge is 0.227 e. The number of nitrogens with zero attached hydrogens (tertiary/aromatic N) is 3. The lowest BCUT2D eigenvalue weighted by Gasteiger charge is -2.20. The third-order valence-corrected chi connectivity index (χ3v) is 5.39. The van der Waals surface area contributed by atoms with Crippen molar-refractivity contribution in [2.75, 3.05) is 24.6 Å². The topological polar surface area (TPSA) is 38.1 Å². The van der Waals surface area contributed by atoms with E-state index in [1.807, 2.05) is 65.5 Å². The van der Waals surface area contributed by atoms with Crippen LogP contribution in [0.15, 0.2) is 30.3 Å². The molecule has 2 aromatic rings. The van der Waals surface area contributed by atoms with Crippen LogP contribution in [0.5, 0.6) is 0 Å². The first-order valence-electron chi connectivity index (χ1n) is 8.13. The SMILES string of the molecule is Cc1nn(-c2ccccc2)c(C)c1CC(=O)N1CCCSCC1. The van der Waals surface area contributed by atoms with Gasteiger partial charge in [0, 0.05) is 30.1 Å². The lowest BCUT2D eigenvalue weighted by molar-refractivity contribution is -0.130. The molecule has 1 aliphatic rings. The summed E-state index contributed by atoms with van der Waals surface area (Å²) in [6.07, 6.45) is 1.55. The molecule has 0 bridgehead atoms. The molecule has 5 heteroatoms. The van der Waals surface area contributed by atoms with Gasteiger partial charge in [0.2, 0.25) is 5.91 Å². The van der Waals surface area contributed by atoms with Gasteiger partial charge in [-0.1, -0.05) is 18.2 Å². The molecule has 0 atom stereocenters. The Morgan fingerprint density at radius 3 is 2.74 bits per heavy atom. The molecular formula is C18H23N3OS. The molecule has 0 unspecified atom stereocenters. The van der Waals surface area contributed by atoms with Crippen molar-refractivity contribution in [1.29, 1.82) is 0 Å². The number of aromatic nitrogens is 2. The molecule has 0 spiro atoms. The molecule has 1 aliphatic heterocycles. The van der Waals surface area contributed by atoms with Crippen molar-refractivity contribution in [3.63, 3.8) is 0 Å². The number of hydrogen-bond donors (Lipinski definition) is 0. The number of para-hydroxylation sites is 1. The molecule has 3 rings (SSSR count). The normalized spacial score (nSPS) is 15.5. The van der Waals surface area contributed by atoms with Crippen LogP contribution in [0.25, 0.3) is 5.69 Å². The highest BCUT2D eigenvalue weighted by atomic mass is 32.2. The number of aryl methyl sites for hydroxylation is 1. The second-order valence-electron chi connectivity index (χ2n) is 5.92. The molecule has 1 saturated heterocycles. The summed E-state index contributed by atoms with van der Waals surface area (Å²) in [6, 6.07) is 10.1. The minimum atomic E-state index is 0.228. The predicted molar refractivity (Wildman–Crippen MR) is 95.3 cm³/mol. The maximum atomic E-state index is 12.7. The van der Waals surface area contributed by atoms with E-state index >= 15 is 0 Å². The standard InChI is InChI=1S/C18H23N3OS/c1-14-17(13-18(22)20-9-6-11-23-12-10-20)15(2)21(19-14)16-7-4-3-5-8-16/h3-5,7-8H,6,9-13H2,1-2H3. The molecular weight excluding hydrogens is 306 g/mol. The predicted octanol–water partition coefficient (Wildman–Crippen LogP) is 3.00. The molecule has 1 fully saturated rings. The van der Waals surface area contributed by atoms with Gasteiger partial charge >= 0.3 is 0 Å². The van der Waals surface area contributed by atoms with Crippen molar-refractivity contribution in [2.45, 2.75) is 26.7 Å².